The summed E-state index contributed by atoms with van der Waals surface area (Å²) in [4.78, 5) is 14.0. The lowest BCUT2D eigenvalue weighted by atomic mass is 9.86. The second-order valence-corrected chi connectivity index (χ2v) is 4.96. The Bertz CT molecular complexity index is 291. The molecule has 1 aliphatic heterocycles. The predicted molar refractivity (Wildman–Crippen MR) is 56.9 cm³/mol. The van der Waals surface area contributed by atoms with Crippen molar-refractivity contribution < 1.29 is 4.79 Å². The van der Waals surface area contributed by atoms with Crippen molar-refractivity contribution in [3.63, 3.8) is 0 Å². The lowest BCUT2D eigenvalue weighted by Gasteiger charge is -2.21. The summed E-state index contributed by atoms with van der Waals surface area (Å²) >= 11 is 0. The molecule has 0 N–H and O–H groups in total. The van der Waals surface area contributed by atoms with Crippen molar-refractivity contribution in [2.24, 2.45) is 5.92 Å². The van der Waals surface area contributed by atoms with Crippen molar-refractivity contribution >= 4 is 5.91 Å². The first-order valence-corrected chi connectivity index (χ1v) is 5.61. The van der Waals surface area contributed by atoms with Gasteiger partial charge in [0, 0.05) is 18.2 Å². The summed E-state index contributed by atoms with van der Waals surface area (Å²) in [7, 11) is 0. The average Bonchev–Trinajstić information content (AvgIpc) is 2.43. The third-order valence-electron chi connectivity index (χ3n) is 3.41. The van der Waals surface area contributed by atoms with Crippen LogP contribution < -0.4 is 0 Å². The molecule has 1 atom stereocenters. The molecular formula is C12H19NO. The SMILES string of the molecule is CC1CCC2=C(C1)CN(C(C)C)C2=O. The van der Waals surface area contributed by atoms with Gasteiger partial charge in [-0.1, -0.05) is 6.92 Å². The van der Waals surface area contributed by atoms with Gasteiger partial charge in [-0.2, -0.15) is 0 Å². The Kier molecular flexibility index (Phi) is 2.38. The number of carbonyl (C=O) groups is 1. The van der Waals surface area contributed by atoms with Crippen LogP contribution in [0.25, 0.3) is 0 Å². The van der Waals surface area contributed by atoms with Gasteiger partial charge < -0.3 is 4.90 Å². The van der Waals surface area contributed by atoms with Crippen molar-refractivity contribution in [1.29, 1.82) is 0 Å². The molecule has 0 aromatic carbocycles. The van der Waals surface area contributed by atoms with Crippen LogP contribution in [0, 0.1) is 5.92 Å². The van der Waals surface area contributed by atoms with E-state index < -0.39 is 0 Å². The fraction of sp³-hybridized carbons (Fsp3) is 0.750. The largest absolute Gasteiger partial charge is 0.332 e. The van der Waals surface area contributed by atoms with E-state index >= 15 is 0 Å². The van der Waals surface area contributed by atoms with Crippen LogP contribution in [0.15, 0.2) is 11.1 Å². The predicted octanol–water partition coefficient (Wildman–Crippen LogP) is 2.35. The van der Waals surface area contributed by atoms with Gasteiger partial charge in [0.25, 0.3) is 0 Å². The zero-order valence-electron chi connectivity index (χ0n) is 9.34. The van der Waals surface area contributed by atoms with Crippen LogP contribution in [0.4, 0.5) is 0 Å². The highest BCUT2D eigenvalue weighted by Gasteiger charge is 2.34. The summed E-state index contributed by atoms with van der Waals surface area (Å²) in [5, 5.41) is 0. The Balaban J connectivity index is 2.18. The molecule has 14 heavy (non-hydrogen) atoms. The van der Waals surface area contributed by atoms with E-state index in [0.29, 0.717) is 11.9 Å². The van der Waals surface area contributed by atoms with Gasteiger partial charge in [-0.05, 0) is 44.6 Å². The molecule has 1 amide bonds. The first kappa shape index (κ1) is 9.75. The van der Waals surface area contributed by atoms with E-state index in [1.54, 1.807) is 0 Å². The Morgan fingerprint density at radius 3 is 2.79 bits per heavy atom. The zero-order chi connectivity index (χ0) is 10.3. The molecule has 2 rings (SSSR count). The Labute approximate surface area is 86.0 Å². The van der Waals surface area contributed by atoms with E-state index in [4.69, 9.17) is 0 Å². The molecule has 0 aromatic rings. The van der Waals surface area contributed by atoms with Gasteiger partial charge in [-0.25, -0.2) is 0 Å². The Morgan fingerprint density at radius 2 is 2.14 bits per heavy atom. The van der Waals surface area contributed by atoms with Crippen molar-refractivity contribution in [3.05, 3.63) is 11.1 Å². The van der Waals surface area contributed by atoms with Gasteiger partial charge in [0.2, 0.25) is 5.91 Å². The molecule has 0 saturated heterocycles. The minimum atomic E-state index is 0.307. The molecule has 1 aliphatic carbocycles. The van der Waals surface area contributed by atoms with E-state index in [1.807, 2.05) is 4.90 Å². The summed E-state index contributed by atoms with van der Waals surface area (Å²) < 4.78 is 0. The molecule has 2 heteroatoms. The van der Waals surface area contributed by atoms with Crippen LogP contribution in [-0.2, 0) is 4.79 Å². The molecule has 2 aliphatic rings. The van der Waals surface area contributed by atoms with Crippen molar-refractivity contribution in [3.8, 4) is 0 Å². The molecule has 0 bridgehead atoms. The third-order valence-corrected chi connectivity index (χ3v) is 3.41. The van der Waals surface area contributed by atoms with Crippen LogP contribution in [0.5, 0.6) is 0 Å². The van der Waals surface area contributed by atoms with Gasteiger partial charge in [0.05, 0.1) is 0 Å². The molecule has 78 valence electrons. The summed E-state index contributed by atoms with van der Waals surface area (Å²) in [5.41, 5.74) is 2.55. The topological polar surface area (TPSA) is 20.3 Å². The van der Waals surface area contributed by atoms with Crippen molar-refractivity contribution in [1.82, 2.24) is 4.90 Å². The fourth-order valence-corrected chi connectivity index (χ4v) is 2.50. The van der Waals surface area contributed by atoms with Crippen LogP contribution in [0.2, 0.25) is 0 Å². The van der Waals surface area contributed by atoms with E-state index in [1.165, 1.54) is 12.0 Å². The van der Waals surface area contributed by atoms with Gasteiger partial charge in [-0.15, -0.1) is 0 Å². The molecule has 0 fully saturated rings. The number of rotatable bonds is 1. The molecule has 1 unspecified atom stereocenters. The third kappa shape index (κ3) is 1.47. The Hall–Kier alpha value is -0.790. The lowest BCUT2D eigenvalue weighted by Crippen LogP contribution is -2.33. The minimum absolute atomic E-state index is 0.307. The Morgan fingerprint density at radius 1 is 1.43 bits per heavy atom. The molecule has 0 aromatic heterocycles. The average molecular weight is 193 g/mol. The molecule has 2 nitrogen and oxygen atoms in total. The highest BCUT2D eigenvalue weighted by Crippen LogP contribution is 2.35. The van der Waals surface area contributed by atoms with Crippen molar-refractivity contribution in [2.75, 3.05) is 6.54 Å². The number of hydrogen-bond acceptors (Lipinski definition) is 1. The van der Waals surface area contributed by atoms with Gasteiger partial charge in [0.1, 0.15) is 0 Å². The minimum Gasteiger partial charge on any atom is -0.332 e. The number of carbonyl (C=O) groups excluding carboxylic acids is 1. The maximum absolute atomic E-state index is 12.0. The first-order chi connectivity index (χ1) is 6.59. The van der Waals surface area contributed by atoms with Gasteiger partial charge in [0.15, 0.2) is 0 Å². The normalized spacial score (nSPS) is 27.6. The van der Waals surface area contributed by atoms with Crippen LogP contribution >= 0.6 is 0 Å². The summed E-state index contributed by atoms with van der Waals surface area (Å²) in [6.45, 7) is 7.38. The fourth-order valence-electron chi connectivity index (χ4n) is 2.50. The quantitative estimate of drug-likeness (QED) is 0.626. The smallest absolute Gasteiger partial charge is 0.250 e. The van der Waals surface area contributed by atoms with E-state index in [2.05, 4.69) is 20.8 Å². The second-order valence-electron chi connectivity index (χ2n) is 4.96. The first-order valence-electron chi connectivity index (χ1n) is 5.61. The monoisotopic (exact) mass is 193 g/mol. The summed E-state index contributed by atoms with van der Waals surface area (Å²) in [6, 6.07) is 0.350. The molecule has 0 spiro atoms. The summed E-state index contributed by atoms with van der Waals surface area (Å²) in [6.07, 6.45) is 3.35. The molecule has 0 radical (unpaired) electrons. The standard InChI is InChI=1S/C12H19NO/c1-8(2)13-7-10-6-9(3)4-5-11(10)12(13)14/h8-9H,4-7H2,1-3H3. The molecule has 1 heterocycles. The second kappa shape index (κ2) is 3.41. The highest BCUT2D eigenvalue weighted by molar-refractivity contribution is 5.97. The molecular weight excluding hydrogens is 174 g/mol. The van der Waals surface area contributed by atoms with E-state index in [9.17, 15) is 4.79 Å². The number of amides is 1. The van der Waals surface area contributed by atoms with Gasteiger partial charge in [-0.3, -0.25) is 4.79 Å². The van der Waals surface area contributed by atoms with E-state index in [0.717, 1.165) is 30.9 Å². The van der Waals surface area contributed by atoms with E-state index in [-0.39, 0.29) is 0 Å². The highest BCUT2D eigenvalue weighted by atomic mass is 16.2. The van der Waals surface area contributed by atoms with Gasteiger partial charge >= 0.3 is 0 Å². The lowest BCUT2D eigenvalue weighted by molar-refractivity contribution is -0.127. The van der Waals surface area contributed by atoms with Crippen LogP contribution in [-0.4, -0.2) is 23.4 Å². The number of hydrogen-bond donors (Lipinski definition) is 0. The summed E-state index contributed by atoms with van der Waals surface area (Å²) in [5.74, 6) is 1.08. The number of nitrogens with zero attached hydrogens (tertiary/aromatic N) is 1. The maximum Gasteiger partial charge on any atom is 0.250 e. The maximum atomic E-state index is 12.0. The molecule has 0 saturated carbocycles. The zero-order valence-corrected chi connectivity index (χ0v) is 9.34. The van der Waals surface area contributed by atoms with Crippen LogP contribution in [0.3, 0.4) is 0 Å². The van der Waals surface area contributed by atoms with Crippen molar-refractivity contribution in [2.45, 2.75) is 46.1 Å². The van der Waals surface area contributed by atoms with Crippen LogP contribution in [0.1, 0.15) is 40.0 Å².